The Labute approximate surface area is 165 Å². The highest BCUT2D eigenvalue weighted by molar-refractivity contribution is 5.67. The van der Waals surface area contributed by atoms with Crippen LogP contribution in [0.5, 0.6) is 0 Å². The van der Waals surface area contributed by atoms with Gasteiger partial charge in [0.25, 0.3) is 0 Å². The van der Waals surface area contributed by atoms with Crippen LogP contribution in [-0.4, -0.2) is 36.5 Å². The van der Waals surface area contributed by atoms with Gasteiger partial charge in [-0.3, -0.25) is 9.59 Å². The maximum atomic E-state index is 11.7. The number of hydrogen-bond donors (Lipinski definition) is 0. The predicted molar refractivity (Wildman–Crippen MR) is 102 cm³/mol. The molecule has 2 aliphatic heterocycles. The van der Waals surface area contributed by atoms with Crippen molar-refractivity contribution in [2.24, 2.45) is 11.8 Å². The van der Waals surface area contributed by atoms with E-state index >= 15 is 0 Å². The van der Waals surface area contributed by atoms with Crippen LogP contribution in [0.4, 0.5) is 0 Å². The molecule has 2 heterocycles. The average molecular weight is 388 g/mol. The quantitative estimate of drug-likeness (QED) is 0.310. The van der Waals surface area contributed by atoms with Crippen LogP contribution in [0.2, 0.25) is 0 Å². The lowest BCUT2D eigenvalue weighted by Gasteiger charge is -2.40. The van der Waals surface area contributed by atoms with Crippen LogP contribution in [0.3, 0.4) is 0 Å². The van der Waals surface area contributed by atoms with E-state index in [9.17, 15) is 9.59 Å². The van der Waals surface area contributed by atoms with Gasteiger partial charge in [-0.2, -0.15) is 0 Å². The molecule has 0 radical (unpaired) electrons. The first-order valence-corrected chi connectivity index (χ1v) is 9.78. The Morgan fingerprint density at radius 3 is 2.71 bits per heavy atom. The van der Waals surface area contributed by atoms with Gasteiger partial charge in [-0.25, -0.2) is 0 Å². The Hall–Kier alpha value is -2.30. The number of ether oxygens (including phenoxy) is 4. The van der Waals surface area contributed by atoms with E-state index in [2.05, 4.69) is 18.9 Å². The molecule has 1 saturated heterocycles. The van der Waals surface area contributed by atoms with Gasteiger partial charge in [0.1, 0.15) is 6.10 Å². The molecule has 0 aromatic carbocycles. The number of esters is 2. The van der Waals surface area contributed by atoms with Crippen molar-refractivity contribution < 1.29 is 28.5 Å². The van der Waals surface area contributed by atoms with E-state index in [0.29, 0.717) is 6.42 Å². The largest absolute Gasteiger partial charge is 0.462 e. The highest BCUT2D eigenvalue weighted by Crippen LogP contribution is 2.46. The molecule has 0 bridgehead atoms. The van der Waals surface area contributed by atoms with Gasteiger partial charge in [0.15, 0.2) is 0 Å². The molecule has 6 nitrogen and oxygen atoms in total. The van der Waals surface area contributed by atoms with Crippen molar-refractivity contribution in [2.45, 2.75) is 70.6 Å². The molecule has 152 valence electrons. The van der Waals surface area contributed by atoms with E-state index in [1.54, 1.807) is 12.3 Å². The van der Waals surface area contributed by atoms with Crippen LogP contribution in [-0.2, 0) is 28.5 Å². The summed E-state index contributed by atoms with van der Waals surface area (Å²) in [6.07, 6.45) is 6.53. The smallest absolute Gasteiger partial charge is 0.305 e. The van der Waals surface area contributed by atoms with E-state index < -0.39 is 18.4 Å². The summed E-state index contributed by atoms with van der Waals surface area (Å²) in [5.41, 5.74) is 4.57. The summed E-state index contributed by atoms with van der Waals surface area (Å²) < 4.78 is 22.6. The fourth-order valence-electron chi connectivity index (χ4n) is 4.29. The third kappa shape index (κ3) is 4.75. The van der Waals surface area contributed by atoms with Gasteiger partial charge < -0.3 is 18.9 Å². The second kappa shape index (κ2) is 8.80. The zero-order chi connectivity index (χ0) is 20.3. The van der Waals surface area contributed by atoms with Gasteiger partial charge >= 0.3 is 11.9 Å². The molecule has 2 fully saturated rings. The van der Waals surface area contributed by atoms with Crippen molar-refractivity contribution in [3.05, 3.63) is 42.4 Å². The minimum atomic E-state index is -0.720. The number of rotatable bonds is 5. The molecule has 28 heavy (non-hydrogen) atoms. The van der Waals surface area contributed by atoms with E-state index in [0.717, 1.165) is 36.8 Å². The minimum Gasteiger partial charge on any atom is -0.462 e. The molecule has 3 aliphatic rings. The maximum absolute atomic E-state index is 11.7. The molecular weight excluding hydrogens is 360 g/mol. The summed E-state index contributed by atoms with van der Waals surface area (Å²) in [4.78, 5) is 23.3. The van der Waals surface area contributed by atoms with Crippen molar-refractivity contribution in [3.63, 3.8) is 0 Å². The Bertz CT molecular complexity index is 713. The molecule has 1 saturated carbocycles. The van der Waals surface area contributed by atoms with E-state index in [-0.39, 0.29) is 30.0 Å². The van der Waals surface area contributed by atoms with E-state index in [4.69, 9.17) is 18.9 Å². The third-order valence-electron chi connectivity index (χ3n) is 5.60. The van der Waals surface area contributed by atoms with Crippen LogP contribution in [0, 0.1) is 11.8 Å². The normalized spacial score (nSPS) is 32.4. The molecule has 0 amide bonds. The van der Waals surface area contributed by atoms with E-state index in [1.807, 2.05) is 0 Å². The molecular formula is C22H28O6. The lowest BCUT2D eigenvalue weighted by Crippen LogP contribution is -2.41. The van der Waals surface area contributed by atoms with Crippen molar-refractivity contribution in [2.75, 3.05) is 0 Å². The molecule has 3 rings (SSSR count). The zero-order valence-corrected chi connectivity index (χ0v) is 16.5. The zero-order valence-electron chi connectivity index (χ0n) is 16.5. The molecule has 0 aromatic rings. The number of hydrogen-bond acceptors (Lipinski definition) is 6. The summed E-state index contributed by atoms with van der Waals surface area (Å²) in [6.45, 7) is 10.6. The fourth-order valence-corrected chi connectivity index (χ4v) is 4.29. The minimum absolute atomic E-state index is 0.0175. The van der Waals surface area contributed by atoms with Crippen molar-refractivity contribution in [3.8, 4) is 0 Å². The van der Waals surface area contributed by atoms with Crippen LogP contribution in [0.15, 0.2) is 42.4 Å². The highest BCUT2D eigenvalue weighted by atomic mass is 16.7. The molecule has 1 aliphatic carbocycles. The van der Waals surface area contributed by atoms with Crippen molar-refractivity contribution in [1.82, 2.24) is 0 Å². The lowest BCUT2D eigenvalue weighted by molar-refractivity contribution is -0.181. The number of epoxide rings is 1. The molecule has 0 N–H and O–H groups in total. The van der Waals surface area contributed by atoms with Crippen LogP contribution < -0.4 is 0 Å². The first kappa shape index (κ1) is 20.4. The summed E-state index contributed by atoms with van der Waals surface area (Å²) in [5.74, 6) is -0.969. The summed E-state index contributed by atoms with van der Waals surface area (Å²) in [6, 6.07) is 0. The molecule has 0 spiro atoms. The standard InChI is InChI=1S/C22H28O6/c1-5-6-7-18(26-14(3)23)17-12-25-22(27-15(4)24)21-13(2)8-10-19-20(28-19)11-9-16(17)21/h6,12,16,18-22H,1-2,7-11H2,3-4H3/t16-,18?,19-,20+,21+,22-/m1/s1. The monoisotopic (exact) mass is 388 g/mol. The number of carbonyl (C=O) groups excluding carboxylic acids is 2. The molecule has 0 aromatic heterocycles. The number of fused-ring (bicyclic) bond motifs is 2. The highest BCUT2D eigenvalue weighted by Gasteiger charge is 2.47. The van der Waals surface area contributed by atoms with Gasteiger partial charge in [0, 0.05) is 31.8 Å². The van der Waals surface area contributed by atoms with Gasteiger partial charge in [0.05, 0.1) is 24.4 Å². The van der Waals surface area contributed by atoms with Gasteiger partial charge in [0.2, 0.25) is 6.29 Å². The van der Waals surface area contributed by atoms with Crippen molar-refractivity contribution >= 4 is 11.9 Å². The molecule has 6 heteroatoms. The topological polar surface area (TPSA) is 74.4 Å². The summed E-state index contributed by atoms with van der Waals surface area (Å²) >= 11 is 0. The SMILES string of the molecule is C=C=CCC(OC(C)=O)C1=CO[C@H](OC(C)=O)[C@H]2C(=C)CC[C@H]3O[C@H]3CC[C@H]12. The molecule has 1 unspecified atom stereocenters. The fraction of sp³-hybridized carbons (Fsp3) is 0.591. The average Bonchev–Trinajstić information content (AvgIpc) is 3.38. The second-order valence-electron chi connectivity index (χ2n) is 7.59. The van der Waals surface area contributed by atoms with Gasteiger partial charge in [-0.05, 0) is 31.8 Å². The Balaban J connectivity index is 1.94. The van der Waals surface area contributed by atoms with Gasteiger partial charge in [-0.15, -0.1) is 5.73 Å². The Morgan fingerprint density at radius 2 is 2.04 bits per heavy atom. The lowest BCUT2D eigenvalue weighted by atomic mass is 9.74. The van der Waals surface area contributed by atoms with Gasteiger partial charge in [-0.1, -0.05) is 18.7 Å². The predicted octanol–water partition coefficient (Wildman–Crippen LogP) is 3.58. The first-order chi connectivity index (χ1) is 13.4. The Kier molecular flexibility index (Phi) is 6.42. The summed E-state index contributed by atoms with van der Waals surface area (Å²) in [5, 5.41) is 0. The van der Waals surface area contributed by atoms with E-state index in [1.165, 1.54) is 13.8 Å². The third-order valence-corrected chi connectivity index (χ3v) is 5.60. The molecule has 6 atom stereocenters. The Morgan fingerprint density at radius 1 is 1.29 bits per heavy atom. The van der Waals surface area contributed by atoms with Crippen LogP contribution in [0.1, 0.15) is 46.0 Å². The van der Waals surface area contributed by atoms with Crippen LogP contribution in [0.25, 0.3) is 0 Å². The van der Waals surface area contributed by atoms with Crippen LogP contribution >= 0.6 is 0 Å². The first-order valence-electron chi connectivity index (χ1n) is 9.78. The number of carbonyl (C=O) groups is 2. The second-order valence-corrected chi connectivity index (χ2v) is 7.59. The maximum Gasteiger partial charge on any atom is 0.305 e. The van der Waals surface area contributed by atoms with Crippen molar-refractivity contribution in [1.29, 1.82) is 0 Å². The summed E-state index contributed by atoms with van der Waals surface area (Å²) in [7, 11) is 0.